The summed E-state index contributed by atoms with van der Waals surface area (Å²) in [5.41, 5.74) is 2.14. The smallest absolute Gasteiger partial charge is 0.263 e. The first-order chi connectivity index (χ1) is 14.1. The Balaban J connectivity index is 1.79. The minimum Gasteiger partial charge on any atom is -0.481 e. The van der Waals surface area contributed by atoms with Crippen LogP contribution in [0.2, 0.25) is 0 Å². The molecule has 0 bridgehead atoms. The first-order valence-corrected chi connectivity index (χ1v) is 12.0. The lowest BCUT2D eigenvalue weighted by atomic mass is 10.0. The van der Waals surface area contributed by atoms with Crippen LogP contribution in [0, 0.1) is 5.82 Å². The van der Waals surface area contributed by atoms with E-state index in [-0.39, 0.29) is 29.3 Å². The molecule has 2 aromatic carbocycles. The van der Waals surface area contributed by atoms with E-state index >= 15 is 0 Å². The fraction of sp³-hybridized carbons (Fsp3) is 0.435. The maximum absolute atomic E-state index is 13.2. The number of rotatable bonds is 7. The van der Waals surface area contributed by atoms with Gasteiger partial charge in [-0.1, -0.05) is 38.1 Å². The Kier molecular flexibility index (Phi) is 6.81. The Bertz CT molecular complexity index is 971. The van der Waals surface area contributed by atoms with Gasteiger partial charge in [-0.25, -0.2) is 12.8 Å². The van der Waals surface area contributed by atoms with E-state index in [0.29, 0.717) is 24.6 Å². The minimum atomic E-state index is -3.15. The molecule has 0 spiro atoms. The standard InChI is InChI=1S/C23H28FNO4S/c1-16(2)19-6-4-18(5-7-19)14-25(21-12-13-30(27,28)15-21)23(26)17(3)29-22-10-8-20(24)9-11-22/h4-11,16-17,21H,12-15H2,1-3H3. The molecule has 1 heterocycles. The second-order valence-corrected chi connectivity index (χ2v) is 10.4. The lowest BCUT2D eigenvalue weighted by Gasteiger charge is -2.31. The Labute approximate surface area is 177 Å². The zero-order chi connectivity index (χ0) is 21.9. The molecule has 3 rings (SSSR count). The lowest BCUT2D eigenvalue weighted by molar-refractivity contribution is -0.140. The quantitative estimate of drug-likeness (QED) is 0.664. The molecule has 0 aliphatic carbocycles. The number of ether oxygens (including phenoxy) is 1. The van der Waals surface area contributed by atoms with E-state index in [0.717, 1.165) is 5.56 Å². The molecule has 5 nitrogen and oxygen atoms in total. The molecule has 0 aromatic heterocycles. The summed E-state index contributed by atoms with van der Waals surface area (Å²) in [6, 6.07) is 13.1. The molecule has 7 heteroatoms. The number of sulfone groups is 1. The molecule has 0 N–H and O–H groups in total. The summed E-state index contributed by atoms with van der Waals surface area (Å²) in [5.74, 6) is 0.171. The lowest BCUT2D eigenvalue weighted by Crippen LogP contribution is -2.46. The highest BCUT2D eigenvalue weighted by Crippen LogP contribution is 2.23. The van der Waals surface area contributed by atoms with Crippen LogP contribution in [0.5, 0.6) is 5.75 Å². The topological polar surface area (TPSA) is 63.7 Å². The van der Waals surface area contributed by atoms with Gasteiger partial charge in [-0.3, -0.25) is 4.79 Å². The van der Waals surface area contributed by atoms with Crippen molar-refractivity contribution in [3.05, 3.63) is 65.5 Å². The Hall–Kier alpha value is -2.41. The van der Waals surface area contributed by atoms with Crippen molar-refractivity contribution in [2.24, 2.45) is 0 Å². The average molecular weight is 434 g/mol. The molecule has 1 amide bonds. The number of amides is 1. The zero-order valence-electron chi connectivity index (χ0n) is 17.5. The predicted octanol–water partition coefficient (Wildman–Crippen LogP) is 3.93. The van der Waals surface area contributed by atoms with Gasteiger partial charge in [0, 0.05) is 12.6 Å². The third kappa shape index (κ3) is 5.59. The molecule has 30 heavy (non-hydrogen) atoms. The van der Waals surface area contributed by atoms with Gasteiger partial charge in [0.25, 0.3) is 5.91 Å². The first-order valence-electron chi connectivity index (χ1n) is 10.2. The van der Waals surface area contributed by atoms with Gasteiger partial charge in [-0.2, -0.15) is 0 Å². The van der Waals surface area contributed by atoms with Crippen molar-refractivity contribution >= 4 is 15.7 Å². The van der Waals surface area contributed by atoms with E-state index < -0.39 is 15.9 Å². The van der Waals surface area contributed by atoms with Crippen LogP contribution in [0.15, 0.2) is 48.5 Å². The van der Waals surface area contributed by atoms with Crippen molar-refractivity contribution < 1.29 is 22.3 Å². The summed E-state index contributed by atoms with van der Waals surface area (Å²) in [6.45, 7) is 6.17. The Morgan fingerprint density at radius 2 is 1.73 bits per heavy atom. The second-order valence-electron chi connectivity index (χ2n) is 8.13. The van der Waals surface area contributed by atoms with Gasteiger partial charge in [0.2, 0.25) is 0 Å². The van der Waals surface area contributed by atoms with Crippen LogP contribution in [0.1, 0.15) is 44.2 Å². The number of nitrogens with zero attached hydrogens (tertiary/aromatic N) is 1. The molecular formula is C23H28FNO4S. The van der Waals surface area contributed by atoms with Crippen molar-refractivity contribution in [3.63, 3.8) is 0 Å². The van der Waals surface area contributed by atoms with Crippen LogP contribution in [0.25, 0.3) is 0 Å². The summed E-state index contributed by atoms with van der Waals surface area (Å²) >= 11 is 0. The van der Waals surface area contributed by atoms with Crippen LogP contribution in [0.4, 0.5) is 4.39 Å². The van der Waals surface area contributed by atoms with E-state index in [9.17, 15) is 17.6 Å². The van der Waals surface area contributed by atoms with Gasteiger partial charge in [0.05, 0.1) is 11.5 Å². The van der Waals surface area contributed by atoms with Gasteiger partial charge >= 0.3 is 0 Å². The maximum atomic E-state index is 13.2. The summed E-state index contributed by atoms with van der Waals surface area (Å²) < 4.78 is 42.9. The summed E-state index contributed by atoms with van der Waals surface area (Å²) in [5, 5.41) is 0. The van der Waals surface area contributed by atoms with Crippen LogP contribution in [-0.4, -0.2) is 42.9 Å². The van der Waals surface area contributed by atoms with E-state index in [1.165, 1.54) is 29.8 Å². The van der Waals surface area contributed by atoms with E-state index in [1.54, 1.807) is 11.8 Å². The maximum Gasteiger partial charge on any atom is 0.263 e. The highest BCUT2D eigenvalue weighted by Gasteiger charge is 2.36. The fourth-order valence-corrected chi connectivity index (χ4v) is 5.34. The van der Waals surface area contributed by atoms with E-state index in [4.69, 9.17) is 4.74 Å². The molecule has 0 saturated carbocycles. The molecule has 1 aliphatic heterocycles. The number of carbonyl (C=O) groups is 1. The fourth-order valence-electron chi connectivity index (χ4n) is 3.61. The third-order valence-electron chi connectivity index (χ3n) is 5.41. The second kappa shape index (κ2) is 9.16. The SMILES string of the molecule is CC(Oc1ccc(F)cc1)C(=O)N(Cc1ccc(C(C)C)cc1)C1CCS(=O)(=O)C1. The molecule has 1 saturated heterocycles. The van der Waals surface area contributed by atoms with Crippen molar-refractivity contribution in [2.45, 2.75) is 51.8 Å². The van der Waals surface area contributed by atoms with Crippen molar-refractivity contribution in [1.29, 1.82) is 0 Å². The van der Waals surface area contributed by atoms with Gasteiger partial charge in [-0.15, -0.1) is 0 Å². The van der Waals surface area contributed by atoms with Gasteiger partial charge < -0.3 is 9.64 Å². The number of carbonyl (C=O) groups excluding carboxylic acids is 1. The molecule has 0 radical (unpaired) electrons. The third-order valence-corrected chi connectivity index (χ3v) is 7.16. The van der Waals surface area contributed by atoms with Crippen molar-refractivity contribution in [3.8, 4) is 5.75 Å². The van der Waals surface area contributed by atoms with Crippen LogP contribution in [-0.2, 0) is 21.2 Å². The molecule has 1 fully saturated rings. The predicted molar refractivity (Wildman–Crippen MR) is 115 cm³/mol. The molecule has 162 valence electrons. The minimum absolute atomic E-state index is 0.0356. The van der Waals surface area contributed by atoms with Crippen molar-refractivity contribution in [2.75, 3.05) is 11.5 Å². The van der Waals surface area contributed by atoms with Crippen LogP contribution >= 0.6 is 0 Å². The first kappa shape index (κ1) is 22.3. The highest BCUT2D eigenvalue weighted by atomic mass is 32.2. The number of benzene rings is 2. The Morgan fingerprint density at radius 3 is 2.27 bits per heavy atom. The van der Waals surface area contributed by atoms with Gasteiger partial charge in [-0.05, 0) is 54.7 Å². The Morgan fingerprint density at radius 1 is 1.10 bits per heavy atom. The van der Waals surface area contributed by atoms with E-state index in [1.807, 2.05) is 24.3 Å². The van der Waals surface area contributed by atoms with E-state index in [2.05, 4.69) is 13.8 Å². The number of halogens is 1. The number of hydrogen-bond acceptors (Lipinski definition) is 4. The van der Waals surface area contributed by atoms with Gasteiger partial charge in [0.15, 0.2) is 15.9 Å². The number of hydrogen-bond donors (Lipinski definition) is 0. The average Bonchev–Trinajstić information content (AvgIpc) is 3.07. The molecule has 2 atom stereocenters. The van der Waals surface area contributed by atoms with Crippen LogP contribution < -0.4 is 4.74 Å². The zero-order valence-corrected chi connectivity index (χ0v) is 18.4. The molecule has 1 aliphatic rings. The largest absolute Gasteiger partial charge is 0.481 e. The van der Waals surface area contributed by atoms with Crippen LogP contribution in [0.3, 0.4) is 0 Å². The molecule has 2 aromatic rings. The summed E-state index contributed by atoms with van der Waals surface area (Å²) in [4.78, 5) is 14.8. The molecular weight excluding hydrogens is 405 g/mol. The summed E-state index contributed by atoms with van der Waals surface area (Å²) in [7, 11) is -3.15. The van der Waals surface area contributed by atoms with Gasteiger partial charge in [0.1, 0.15) is 11.6 Å². The monoisotopic (exact) mass is 433 g/mol. The summed E-state index contributed by atoms with van der Waals surface area (Å²) in [6.07, 6.45) is -0.407. The normalized spacial score (nSPS) is 18.9. The molecule has 2 unspecified atom stereocenters. The highest BCUT2D eigenvalue weighted by molar-refractivity contribution is 7.91. The van der Waals surface area contributed by atoms with Crippen molar-refractivity contribution in [1.82, 2.24) is 4.90 Å².